The fourth-order valence-corrected chi connectivity index (χ4v) is 5.25. The Morgan fingerprint density at radius 1 is 1.19 bits per heavy atom. The van der Waals surface area contributed by atoms with Crippen molar-refractivity contribution in [2.45, 2.75) is 50.7 Å². The Kier molecular flexibility index (Phi) is 6.95. The van der Waals surface area contributed by atoms with E-state index in [-0.39, 0.29) is 11.7 Å². The van der Waals surface area contributed by atoms with E-state index in [1.54, 1.807) is 0 Å². The van der Waals surface area contributed by atoms with Crippen LogP contribution < -0.4 is 0 Å². The lowest BCUT2D eigenvalue weighted by atomic mass is 9.74. The van der Waals surface area contributed by atoms with Crippen LogP contribution in [0.25, 0.3) is 0 Å². The first-order valence-electron chi connectivity index (χ1n) is 11.7. The lowest BCUT2D eigenvalue weighted by molar-refractivity contribution is -0.118. The molecule has 3 aliphatic rings. The Balaban J connectivity index is 1.66. The largest absolute Gasteiger partial charge is 0.486 e. The summed E-state index contributed by atoms with van der Waals surface area (Å²) in [6, 6.07) is 8.34. The van der Waals surface area contributed by atoms with Crippen molar-refractivity contribution in [1.29, 1.82) is 0 Å². The molecule has 3 atom stereocenters. The molecule has 1 saturated carbocycles. The highest BCUT2D eigenvalue weighted by atomic mass is 16.5. The van der Waals surface area contributed by atoms with E-state index in [1.807, 2.05) is 12.1 Å². The number of benzene rings is 1. The van der Waals surface area contributed by atoms with Gasteiger partial charge in [-0.1, -0.05) is 30.7 Å². The molecule has 168 valence electrons. The van der Waals surface area contributed by atoms with Gasteiger partial charge in [-0.05, 0) is 56.0 Å². The molecule has 1 N–H and O–H groups in total. The number of likely N-dealkylation sites (N-methyl/N-ethyl adjacent to an activating group) is 1. The van der Waals surface area contributed by atoms with Gasteiger partial charge in [-0.15, -0.1) is 0 Å². The second-order valence-corrected chi connectivity index (χ2v) is 9.53. The van der Waals surface area contributed by atoms with Gasteiger partial charge in [-0.2, -0.15) is 0 Å². The van der Waals surface area contributed by atoms with Crippen LogP contribution >= 0.6 is 0 Å². The number of piperazine rings is 1. The minimum Gasteiger partial charge on any atom is -0.486 e. The summed E-state index contributed by atoms with van der Waals surface area (Å²) in [6.45, 7) is 7.23. The van der Waals surface area contributed by atoms with E-state index in [9.17, 15) is 9.90 Å². The third-order valence-electron chi connectivity index (χ3n) is 7.37. The van der Waals surface area contributed by atoms with Crippen molar-refractivity contribution in [3.05, 3.63) is 59.4 Å². The summed E-state index contributed by atoms with van der Waals surface area (Å²) in [7, 11) is 2.17. The van der Waals surface area contributed by atoms with E-state index < -0.39 is 11.7 Å². The molecule has 2 heterocycles. The third-order valence-corrected chi connectivity index (χ3v) is 7.37. The Morgan fingerprint density at radius 3 is 2.68 bits per heavy atom. The summed E-state index contributed by atoms with van der Waals surface area (Å²) in [5.74, 6) is 0.0966. The van der Waals surface area contributed by atoms with Crippen LogP contribution in [0.1, 0.15) is 36.8 Å². The minimum absolute atomic E-state index is 0.0365. The van der Waals surface area contributed by atoms with Crippen LogP contribution in [0.15, 0.2) is 48.3 Å². The number of aliphatic hydroxyl groups is 1. The van der Waals surface area contributed by atoms with Crippen molar-refractivity contribution < 1.29 is 14.6 Å². The minimum atomic E-state index is -0.974. The Labute approximate surface area is 186 Å². The van der Waals surface area contributed by atoms with Gasteiger partial charge in [0, 0.05) is 51.1 Å². The summed E-state index contributed by atoms with van der Waals surface area (Å²) in [6.07, 6.45) is 8.82. The van der Waals surface area contributed by atoms with Crippen LogP contribution in [-0.2, 0) is 16.0 Å². The summed E-state index contributed by atoms with van der Waals surface area (Å²) in [5, 5.41) is 12.4. The lowest BCUT2D eigenvalue weighted by Gasteiger charge is -2.42. The molecular weight excluding hydrogens is 388 g/mol. The predicted octanol–water partition coefficient (Wildman–Crippen LogP) is 3.11. The first-order valence-corrected chi connectivity index (χ1v) is 11.7. The number of hydrogen-bond acceptors (Lipinski definition) is 5. The van der Waals surface area contributed by atoms with Crippen molar-refractivity contribution in [3.63, 3.8) is 0 Å². The molecule has 31 heavy (non-hydrogen) atoms. The van der Waals surface area contributed by atoms with Crippen molar-refractivity contribution in [2.24, 2.45) is 5.92 Å². The molecule has 4 rings (SSSR count). The highest BCUT2D eigenvalue weighted by molar-refractivity contribution is 5.96. The molecule has 0 amide bonds. The number of hydrogen-bond donors (Lipinski definition) is 1. The maximum Gasteiger partial charge on any atom is 0.203 e. The third kappa shape index (κ3) is 5.11. The quantitative estimate of drug-likeness (QED) is 0.581. The zero-order valence-corrected chi connectivity index (χ0v) is 18.9. The first-order chi connectivity index (χ1) is 15.0. The SMILES string of the molecule is Cc1ccccc1CC1(O)C(=CC2OC=CC2=O)CCCCC1CN1CCN(C)CC1. The number of ether oxygens (including phenoxy) is 1. The topological polar surface area (TPSA) is 53.0 Å². The molecule has 0 aromatic heterocycles. The van der Waals surface area contributed by atoms with E-state index >= 15 is 0 Å². The number of aryl methyl sites for hydroxylation is 1. The fourth-order valence-electron chi connectivity index (χ4n) is 5.25. The van der Waals surface area contributed by atoms with Gasteiger partial charge in [-0.3, -0.25) is 4.79 Å². The molecule has 0 spiro atoms. The standard InChI is InChI=1S/C26H36N2O3/c1-20-7-3-4-8-21(20)18-26(30)22(17-25-24(29)11-16-31-25)9-5-6-10-23(26)19-28-14-12-27(2)13-15-28/h3-4,7-8,11,16-17,23,25,30H,5-6,9-10,12-15,18-19H2,1-2H3. The molecule has 3 unspecified atom stereocenters. The molecule has 5 nitrogen and oxygen atoms in total. The number of carbonyl (C=O) groups excluding carboxylic acids is 1. The molecule has 0 bridgehead atoms. The van der Waals surface area contributed by atoms with E-state index in [1.165, 1.54) is 23.5 Å². The zero-order chi connectivity index (χ0) is 21.8. The van der Waals surface area contributed by atoms with E-state index in [4.69, 9.17) is 4.74 Å². The second-order valence-electron chi connectivity index (χ2n) is 9.53. The summed E-state index contributed by atoms with van der Waals surface area (Å²) < 4.78 is 5.54. The zero-order valence-electron chi connectivity index (χ0n) is 18.9. The Morgan fingerprint density at radius 2 is 1.97 bits per heavy atom. The average Bonchev–Trinajstić information content (AvgIpc) is 3.10. The smallest absolute Gasteiger partial charge is 0.203 e. The average molecular weight is 425 g/mol. The first kappa shape index (κ1) is 22.3. The molecule has 1 aromatic rings. The predicted molar refractivity (Wildman–Crippen MR) is 123 cm³/mol. The molecule has 5 heteroatoms. The van der Waals surface area contributed by atoms with Gasteiger partial charge in [0.25, 0.3) is 0 Å². The van der Waals surface area contributed by atoms with Crippen molar-refractivity contribution in [1.82, 2.24) is 9.80 Å². The van der Waals surface area contributed by atoms with Crippen LogP contribution in [0.2, 0.25) is 0 Å². The number of carbonyl (C=O) groups is 1. The van der Waals surface area contributed by atoms with Gasteiger partial charge < -0.3 is 19.6 Å². The highest BCUT2D eigenvalue weighted by Crippen LogP contribution is 2.41. The van der Waals surface area contributed by atoms with E-state index in [2.05, 4.69) is 42.0 Å². The van der Waals surface area contributed by atoms with E-state index in [0.29, 0.717) is 6.42 Å². The normalized spacial score (nSPS) is 31.7. The van der Waals surface area contributed by atoms with E-state index in [0.717, 1.165) is 64.0 Å². The van der Waals surface area contributed by atoms with Gasteiger partial charge in [0.1, 0.15) is 0 Å². The molecule has 2 fully saturated rings. The molecule has 0 radical (unpaired) electrons. The van der Waals surface area contributed by atoms with Crippen molar-refractivity contribution in [3.8, 4) is 0 Å². The van der Waals surface area contributed by atoms with Crippen LogP contribution in [-0.4, -0.2) is 72.2 Å². The summed E-state index contributed by atoms with van der Waals surface area (Å²) >= 11 is 0. The molecule has 1 aliphatic carbocycles. The molecular formula is C26H36N2O3. The van der Waals surface area contributed by atoms with Gasteiger partial charge in [0.15, 0.2) is 6.10 Å². The van der Waals surface area contributed by atoms with Gasteiger partial charge in [-0.25, -0.2) is 0 Å². The highest BCUT2D eigenvalue weighted by Gasteiger charge is 2.43. The van der Waals surface area contributed by atoms with Crippen LogP contribution in [0, 0.1) is 12.8 Å². The lowest BCUT2D eigenvalue weighted by Crippen LogP contribution is -2.51. The maximum atomic E-state index is 12.4. The van der Waals surface area contributed by atoms with Gasteiger partial charge >= 0.3 is 0 Å². The number of rotatable bonds is 5. The maximum absolute atomic E-state index is 12.4. The van der Waals surface area contributed by atoms with Crippen LogP contribution in [0.5, 0.6) is 0 Å². The second kappa shape index (κ2) is 9.68. The monoisotopic (exact) mass is 424 g/mol. The molecule has 1 saturated heterocycles. The summed E-state index contributed by atoms with van der Waals surface area (Å²) in [5.41, 5.74) is 2.39. The van der Waals surface area contributed by atoms with Crippen LogP contribution in [0.4, 0.5) is 0 Å². The number of ketones is 1. The van der Waals surface area contributed by atoms with Crippen molar-refractivity contribution >= 4 is 5.78 Å². The van der Waals surface area contributed by atoms with Gasteiger partial charge in [0.05, 0.1) is 11.9 Å². The van der Waals surface area contributed by atoms with Crippen LogP contribution in [0.3, 0.4) is 0 Å². The molecule has 1 aromatic carbocycles. The Hall–Kier alpha value is -1.95. The van der Waals surface area contributed by atoms with Gasteiger partial charge in [0.2, 0.25) is 5.78 Å². The number of nitrogens with zero attached hydrogens (tertiary/aromatic N) is 2. The molecule has 2 aliphatic heterocycles. The van der Waals surface area contributed by atoms with Crippen molar-refractivity contribution in [2.75, 3.05) is 39.8 Å². The summed E-state index contributed by atoms with van der Waals surface area (Å²) in [4.78, 5) is 17.1. The fraction of sp³-hybridized carbons (Fsp3) is 0.577. The Bertz CT molecular complexity index is 841.